The van der Waals surface area contributed by atoms with Crippen molar-refractivity contribution >= 4 is 66.2 Å². The average molecular weight is 560 g/mol. The van der Waals surface area contributed by atoms with E-state index >= 15 is 0 Å². The van der Waals surface area contributed by atoms with Gasteiger partial charge < -0.3 is 19.9 Å². The molecule has 5 rings (SSSR count). The number of nitrogens with one attached hydrogen (secondary N) is 4. The van der Waals surface area contributed by atoms with E-state index in [1.54, 1.807) is 6.07 Å². The van der Waals surface area contributed by atoms with Crippen LogP contribution in [0.4, 0.5) is 29.1 Å². The van der Waals surface area contributed by atoms with Crippen molar-refractivity contribution in [1.29, 1.82) is 0 Å². The van der Waals surface area contributed by atoms with Crippen LogP contribution in [0.5, 0.6) is 0 Å². The van der Waals surface area contributed by atoms with Crippen LogP contribution in [-0.2, 0) is 14.8 Å². The maximum absolute atomic E-state index is 11.7. The Hall–Kier alpha value is -3.26. The molecule has 3 heterocycles. The zero-order valence-electron chi connectivity index (χ0n) is 18.8. The van der Waals surface area contributed by atoms with Crippen LogP contribution in [0.15, 0.2) is 51.8 Å². The Morgan fingerprint density at radius 2 is 1.94 bits per heavy atom. The molecule has 1 aliphatic rings. The van der Waals surface area contributed by atoms with Gasteiger partial charge in [-0.3, -0.25) is 5.32 Å². The molecular formula is C22H24BrN8O3S+. The lowest BCUT2D eigenvalue weighted by Gasteiger charge is -2.24. The van der Waals surface area contributed by atoms with Gasteiger partial charge in [-0.05, 0) is 58.7 Å². The van der Waals surface area contributed by atoms with Crippen molar-refractivity contribution in [3.8, 4) is 0 Å². The second kappa shape index (κ2) is 9.41. The second-order valence-corrected chi connectivity index (χ2v) is 10.5. The predicted octanol–water partition coefficient (Wildman–Crippen LogP) is 2.81. The molecule has 6 N–H and O–H groups in total. The number of rotatable bonds is 6. The van der Waals surface area contributed by atoms with E-state index in [1.165, 1.54) is 12.1 Å². The third-order valence-corrected chi connectivity index (χ3v) is 7.07. The Morgan fingerprint density at radius 1 is 1.14 bits per heavy atom. The Balaban J connectivity index is 1.53. The Kier molecular flexibility index (Phi) is 6.32. The van der Waals surface area contributed by atoms with Crippen molar-refractivity contribution in [2.75, 3.05) is 41.8 Å². The summed E-state index contributed by atoms with van der Waals surface area (Å²) in [6, 6.07) is 12.5. The number of morpholine rings is 1. The van der Waals surface area contributed by atoms with Crippen molar-refractivity contribution in [1.82, 2.24) is 15.0 Å². The highest BCUT2D eigenvalue weighted by molar-refractivity contribution is 9.10. The minimum absolute atomic E-state index is 0.00971. The predicted molar refractivity (Wildman–Crippen MR) is 137 cm³/mol. The van der Waals surface area contributed by atoms with Gasteiger partial charge in [0.25, 0.3) is 0 Å². The van der Waals surface area contributed by atoms with Gasteiger partial charge in [0.15, 0.2) is 5.52 Å². The summed E-state index contributed by atoms with van der Waals surface area (Å²) >= 11 is 3.41. The highest BCUT2D eigenvalue weighted by Gasteiger charge is 2.25. The number of halogens is 1. The highest BCUT2D eigenvalue weighted by Crippen LogP contribution is 2.29. The fraction of sp³-hybridized carbons (Fsp3) is 0.227. The highest BCUT2D eigenvalue weighted by atomic mass is 79.9. The normalized spacial score (nSPS) is 14.3. The molecule has 11 nitrogen and oxygen atoms in total. The van der Waals surface area contributed by atoms with Crippen molar-refractivity contribution < 1.29 is 18.1 Å². The van der Waals surface area contributed by atoms with Crippen LogP contribution in [0.25, 0.3) is 11.2 Å². The Bertz CT molecular complexity index is 1500. The van der Waals surface area contributed by atoms with Crippen molar-refractivity contribution in [3.63, 3.8) is 0 Å². The minimum atomic E-state index is -3.81. The number of H-pyrrole nitrogens is 2. The largest absolute Gasteiger partial charge is 0.376 e. The zero-order chi connectivity index (χ0) is 24.6. The third-order valence-electron chi connectivity index (χ3n) is 5.51. The molecule has 13 heteroatoms. The molecule has 4 aromatic rings. The molecule has 1 fully saturated rings. The molecule has 2 aromatic heterocycles. The van der Waals surface area contributed by atoms with E-state index in [9.17, 15) is 8.42 Å². The number of hydrogen-bond donors (Lipinski definition) is 4. The number of primary sulfonamides is 1. The van der Waals surface area contributed by atoms with E-state index < -0.39 is 10.0 Å². The number of ether oxygens (including phenoxy) is 1. The number of nitrogens with zero attached hydrogens (tertiary/aromatic N) is 3. The summed E-state index contributed by atoms with van der Waals surface area (Å²) in [6.45, 7) is 4.68. The van der Waals surface area contributed by atoms with Crippen LogP contribution in [0.2, 0.25) is 0 Å². The summed E-state index contributed by atoms with van der Waals surface area (Å²) in [5.41, 5.74) is 3.94. The quantitative estimate of drug-likeness (QED) is 0.281. The smallest absolute Gasteiger partial charge is 0.351 e. The number of fused-ring (bicyclic) bond motifs is 1. The van der Waals surface area contributed by atoms with Crippen LogP contribution in [0.1, 0.15) is 5.56 Å². The fourth-order valence-corrected chi connectivity index (χ4v) is 4.99. The summed E-state index contributed by atoms with van der Waals surface area (Å²) in [4.78, 5) is 18.2. The van der Waals surface area contributed by atoms with Gasteiger partial charge >= 0.3 is 5.95 Å². The molecule has 0 saturated carbocycles. The first-order valence-electron chi connectivity index (χ1n) is 10.8. The van der Waals surface area contributed by atoms with Gasteiger partial charge in [0, 0.05) is 5.69 Å². The average Bonchev–Trinajstić information content (AvgIpc) is 3.22. The van der Waals surface area contributed by atoms with E-state index in [0.29, 0.717) is 54.0 Å². The van der Waals surface area contributed by atoms with E-state index in [2.05, 4.69) is 51.4 Å². The molecule has 0 amide bonds. The molecule has 2 aromatic carbocycles. The van der Waals surface area contributed by atoms with E-state index in [1.807, 2.05) is 31.2 Å². The Labute approximate surface area is 210 Å². The van der Waals surface area contributed by atoms with Gasteiger partial charge in [-0.2, -0.15) is 4.98 Å². The number of sulfonamides is 1. The lowest BCUT2D eigenvalue weighted by Crippen LogP contribution is -2.40. The molecule has 1 aliphatic heterocycles. The third kappa shape index (κ3) is 5.22. The van der Waals surface area contributed by atoms with E-state index in [-0.39, 0.29) is 4.90 Å². The first-order valence-corrected chi connectivity index (χ1v) is 13.2. The number of aromatic nitrogens is 4. The van der Waals surface area contributed by atoms with Crippen LogP contribution in [0.3, 0.4) is 0 Å². The SMILES string of the molecule is Cc1cccc(Nc2nc3nc(Nc4ccc(S(N)(=O)=O)cc4Br)[nH+]c(N4CCOCC4)c3[nH]2)c1. The number of aromatic amines is 2. The number of nitrogens with two attached hydrogens (primary N) is 1. The van der Waals surface area contributed by atoms with E-state index in [0.717, 1.165) is 22.6 Å². The number of hydrogen-bond acceptors (Lipinski definition) is 8. The van der Waals surface area contributed by atoms with Crippen molar-refractivity contribution in [3.05, 3.63) is 52.5 Å². The van der Waals surface area contributed by atoms with Gasteiger partial charge in [-0.15, -0.1) is 0 Å². The second-order valence-electron chi connectivity index (χ2n) is 8.12. The zero-order valence-corrected chi connectivity index (χ0v) is 21.2. The first kappa shape index (κ1) is 23.5. The number of imidazole rings is 1. The summed E-state index contributed by atoms with van der Waals surface area (Å²) < 4.78 is 29.4. The molecule has 0 atom stereocenters. The molecule has 0 bridgehead atoms. The summed E-state index contributed by atoms with van der Waals surface area (Å²) in [5, 5.41) is 11.7. The van der Waals surface area contributed by atoms with Crippen molar-refractivity contribution in [2.24, 2.45) is 5.14 Å². The van der Waals surface area contributed by atoms with Gasteiger partial charge in [0.05, 0.1) is 41.4 Å². The molecular weight excluding hydrogens is 536 g/mol. The van der Waals surface area contributed by atoms with Crippen molar-refractivity contribution in [2.45, 2.75) is 11.8 Å². The van der Waals surface area contributed by atoms with Crippen LogP contribution >= 0.6 is 15.9 Å². The van der Waals surface area contributed by atoms with Gasteiger partial charge in [0.2, 0.25) is 27.4 Å². The lowest BCUT2D eigenvalue weighted by atomic mass is 10.2. The van der Waals surface area contributed by atoms with Crippen LogP contribution in [0, 0.1) is 6.92 Å². The van der Waals surface area contributed by atoms with Gasteiger partial charge in [-0.25, -0.2) is 18.5 Å². The summed E-state index contributed by atoms with van der Waals surface area (Å²) in [7, 11) is -3.81. The molecule has 0 radical (unpaired) electrons. The molecule has 182 valence electrons. The summed E-state index contributed by atoms with van der Waals surface area (Å²) in [6.07, 6.45) is 0. The minimum Gasteiger partial charge on any atom is -0.376 e. The lowest BCUT2D eigenvalue weighted by molar-refractivity contribution is -0.349. The maximum Gasteiger partial charge on any atom is 0.351 e. The van der Waals surface area contributed by atoms with Crippen LogP contribution in [-0.4, -0.2) is 49.7 Å². The number of aryl methyl sites for hydroxylation is 1. The maximum atomic E-state index is 11.7. The van der Waals surface area contributed by atoms with Gasteiger partial charge in [-0.1, -0.05) is 17.1 Å². The molecule has 0 aliphatic carbocycles. The molecule has 1 saturated heterocycles. The fourth-order valence-electron chi connectivity index (χ4n) is 3.82. The number of anilines is 5. The standard InChI is InChI=1S/C22H23BrN8O3S/c1-13-3-2-4-14(11-13)25-21-27-18-19(28-21)29-22(30-20(18)31-7-9-34-10-8-31)26-17-6-5-15(12-16(17)23)35(24,32)33/h2-6,11-12H,7-10H2,1H3,(H2,24,32,33)(H3,25,26,27,28,29,30)/p+1. The topological polar surface area (TPSA) is 152 Å². The Morgan fingerprint density at radius 3 is 2.66 bits per heavy atom. The summed E-state index contributed by atoms with van der Waals surface area (Å²) in [5.74, 6) is 1.83. The van der Waals surface area contributed by atoms with E-state index in [4.69, 9.17) is 9.88 Å². The molecule has 0 unspecified atom stereocenters. The first-order chi connectivity index (χ1) is 16.8. The molecule has 35 heavy (non-hydrogen) atoms. The van der Waals surface area contributed by atoms with Gasteiger partial charge in [0.1, 0.15) is 0 Å². The monoisotopic (exact) mass is 559 g/mol. The van der Waals surface area contributed by atoms with Crippen LogP contribution < -0.4 is 25.7 Å². The molecule has 0 spiro atoms. The number of benzene rings is 2.